The third kappa shape index (κ3) is 17.9. The predicted octanol–water partition coefficient (Wildman–Crippen LogP) is -9.12. The summed E-state index contributed by atoms with van der Waals surface area (Å²) in [5.41, 5.74) is 16.3. The molecule has 31 heteroatoms. The van der Waals surface area contributed by atoms with Crippen molar-refractivity contribution in [2.45, 2.75) is 106 Å². The molecule has 3 fully saturated rings. The maximum absolute atomic E-state index is 14.3. The van der Waals surface area contributed by atoms with Gasteiger partial charge in [0.25, 0.3) is 0 Å². The maximum Gasteiger partial charge on any atom is 0.305 e. The van der Waals surface area contributed by atoms with Crippen molar-refractivity contribution in [3.8, 4) is 0 Å². The summed E-state index contributed by atoms with van der Waals surface area (Å²) in [6.45, 7) is -2.31. The zero-order valence-electron chi connectivity index (χ0n) is 36.1. The molecular weight excluding hydrogens is 937 g/mol. The maximum atomic E-state index is 14.3. The van der Waals surface area contributed by atoms with Gasteiger partial charge in [-0.2, -0.15) is 0 Å². The number of aliphatic hydroxyl groups excluding tert-OH is 4. The average molecular weight is 995 g/mol. The second-order valence-corrected chi connectivity index (χ2v) is 17.8. The Morgan fingerprint density at radius 3 is 2.09 bits per heavy atom. The van der Waals surface area contributed by atoms with Gasteiger partial charge in [0.05, 0.1) is 32.7 Å². The molecule has 0 bridgehead atoms. The molecule has 9 amide bonds. The summed E-state index contributed by atoms with van der Waals surface area (Å²) >= 11 is 0. The van der Waals surface area contributed by atoms with Gasteiger partial charge in [0.2, 0.25) is 53.2 Å². The quantitative estimate of drug-likeness (QED) is 0.0374. The van der Waals surface area contributed by atoms with Gasteiger partial charge in [0.1, 0.15) is 60.7 Å². The standard InChI is InChI=1S/C36H58N12O17S2/c1-15(50)43-20-14-67-66-13-19(29(37)58)47-33(62)21-5-3-7-48(21)34(63)18(12-64-35-28(57)27(56)26(55)22(11-49)65-35)46-32(61)17(8-25(53)54)45-24(52)10-41-30(59)16(4-2-6-40-36(38)39)44-23(51)9-42-31(20)60/h16-22,26-28,35,49,55-57H,2-14H2,1H3,(H2,37,58)(H,41,59)(H,42,60)(H,43,50)(H,44,51)(H,45,52)(H,46,61)(H,47,62)(H,53,54)(H4,38,39,40)/t16-,17-,18-,19-,20-,21-,22+,26+,27-,28+,35+/m0/s1. The molecule has 0 spiro atoms. The van der Waals surface area contributed by atoms with E-state index < -0.39 is 159 Å². The molecule has 3 rings (SSSR count). The number of carbonyl (C=O) groups is 10. The van der Waals surface area contributed by atoms with E-state index in [0.29, 0.717) is 0 Å². The number of guanidine groups is 1. The van der Waals surface area contributed by atoms with E-state index in [0.717, 1.165) is 33.4 Å². The number of carbonyl (C=O) groups excluding carboxylic acids is 9. The first-order valence-electron chi connectivity index (χ1n) is 20.7. The molecule has 3 aliphatic rings. The van der Waals surface area contributed by atoms with Crippen molar-refractivity contribution in [3.05, 3.63) is 0 Å². The van der Waals surface area contributed by atoms with Crippen LogP contribution in [0, 0.1) is 0 Å². The fraction of sp³-hybridized carbons (Fsp3) is 0.694. The van der Waals surface area contributed by atoms with Crippen LogP contribution in [0.2, 0.25) is 0 Å². The van der Waals surface area contributed by atoms with E-state index in [4.69, 9.17) is 26.7 Å². The van der Waals surface area contributed by atoms with Crippen molar-refractivity contribution >= 4 is 86.7 Å². The Morgan fingerprint density at radius 2 is 1.48 bits per heavy atom. The molecule has 3 heterocycles. The minimum absolute atomic E-state index is 0.0152. The highest BCUT2D eigenvalue weighted by Gasteiger charge is 2.46. The van der Waals surface area contributed by atoms with Gasteiger partial charge in [-0.15, -0.1) is 0 Å². The molecule has 18 N–H and O–H groups in total. The lowest BCUT2D eigenvalue weighted by atomic mass is 9.99. The first-order chi connectivity index (χ1) is 31.6. The molecule has 0 aliphatic carbocycles. The summed E-state index contributed by atoms with van der Waals surface area (Å²) in [5, 5.41) is 66.7. The van der Waals surface area contributed by atoms with Crippen molar-refractivity contribution < 1.29 is 83.0 Å². The van der Waals surface area contributed by atoms with Crippen LogP contribution in [0.1, 0.15) is 39.0 Å². The molecule has 0 aromatic heterocycles. The van der Waals surface area contributed by atoms with Crippen LogP contribution >= 0.6 is 21.6 Å². The first kappa shape index (κ1) is 55.8. The summed E-state index contributed by atoms with van der Waals surface area (Å²) < 4.78 is 10.9. The lowest BCUT2D eigenvalue weighted by Crippen LogP contribution is -2.61. The molecule has 3 saturated heterocycles. The number of aliphatic imine (C=N–C) groups is 1. The molecule has 3 aliphatic heterocycles. The Morgan fingerprint density at radius 1 is 0.836 bits per heavy atom. The Hall–Kier alpha value is -5.57. The topological polar surface area (TPSA) is 468 Å². The SMILES string of the molecule is CC(=O)N[C@H]1CSSC[C@@H](C(N)=O)NC(=O)[C@@H]2CCCN2C(=O)[C@H](CO[C@@H]2O[C@H](CO)[C@@H](O)[C@H](O)[C@H]2O)NC(=O)[C@H](CC(=O)O)NC(=O)CNC(=O)[C@H](CCCN=C(N)N)NC(=O)CNC1=O. The number of carboxylic acid groups (broad SMARTS) is 1. The smallest absolute Gasteiger partial charge is 0.305 e. The fourth-order valence-electron chi connectivity index (χ4n) is 6.70. The van der Waals surface area contributed by atoms with Gasteiger partial charge in [0.15, 0.2) is 12.2 Å². The van der Waals surface area contributed by atoms with Gasteiger partial charge in [0, 0.05) is 31.5 Å². The molecule has 0 aromatic rings. The number of nitrogens with two attached hydrogens (primary N) is 3. The van der Waals surface area contributed by atoms with E-state index in [1.165, 1.54) is 0 Å². The van der Waals surface area contributed by atoms with E-state index in [2.05, 4.69) is 42.2 Å². The fourth-order valence-corrected chi connectivity index (χ4v) is 9.04. The highest BCUT2D eigenvalue weighted by molar-refractivity contribution is 8.76. The predicted molar refractivity (Wildman–Crippen MR) is 232 cm³/mol. The van der Waals surface area contributed by atoms with E-state index in [1.54, 1.807) is 0 Å². The van der Waals surface area contributed by atoms with Crippen LogP contribution in [0.5, 0.6) is 0 Å². The molecule has 11 atom stereocenters. The lowest BCUT2D eigenvalue weighted by Gasteiger charge is -2.40. The molecular formula is C36H58N12O17S2. The lowest BCUT2D eigenvalue weighted by molar-refractivity contribution is -0.301. The van der Waals surface area contributed by atoms with Gasteiger partial charge in [-0.25, -0.2) is 0 Å². The number of carboxylic acids is 1. The molecule has 29 nitrogen and oxygen atoms in total. The van der Waals surface area contributed by atoms with E-state index in [1.807, 2.05) is 0 Å². The average Bonchev–Trinajstić information content (AvgIpc) is 3.76. The number of hydrogen-bond donors (Lipinski definition) is 15. The van der Waals surface area contributed by atoms with Gasteiger partial charge in [-0.3, -0.25) is 52.9 Å². The number of nitrogens with one attached hydrogen (secondary N) is 7. The van der Waals surface area contributed by atoms with Gasteiger partial charge < -0.3 is 94.3 Å². The Balaban J connectivity index is 1.99. The summed E-state index contributed by atoms with van der Waals surface area (Å²) in [4.78, 5) is 136. The zero-order chi connectivity index (χ0) is 50.0. The van der Waals surface area contributed by atoms with Crippen molar-refractivity contribution in [3.63, 3.8) is 0 Å². The third-order valence-corrected chi connectivity index (χ3v) is 12.5. The number of hydrogen-bond acceptors (Lipinski definition) is 19. The summed E-state index contributed by atoms with van der Waals surface area (Å²) in [6, 6.07) is -9.06. The molecule has 376 valence electrons. The van der Waals surface area contributed by atoms with Crippen LogP contribution in [0.15, 0.2) is 4.99 Å². The van der Waals surface area contributed by atoms with E-state index >= 15 is 0 Å². The minimum Gasteiger partial charge on any atom is -0.481 e. The van der Waals surface area contributed by atoms with Crippen LogP contribution in [-0.2, 0) is 57.4 Å². The van der Waals surface area contributed by atoms with E-state index in [-0.39, 0.29) is 56.2 Å². The van der Waals surface area contributed by atoms with E-state index in [9.17, 15) is 73.5 Å². The number of nitrogens with zero attached hydrogens (tertiary/aromatic N) is 2. The highest BCUT2D eigenvalue weighted by Crippen LogP contribution is 2.25. The van der Waals surface area contributed by atoms with Crippen LogP contribution in [-0.4, -0.2) is 213 Å². The second-order valence-electron chi connectivity index (χ2n) is 15.3. The van der Waals surface area contributed by atoms with Crippen LogP contribution < -0.4 is 54.4 Å². The van der Waals surface area contributed by atoms with Crippen molar-refractivity contribution in [2.24, 2.45) is 22.2 Å². The number of amides is 9. The highest BCUT2D eigenvalue weighted by atomic mass is 33.1. The molecule has 0 aromatic carbocycles. The van der Waals surface area contributed by atoms with Gasteiger partial charge >= 0.3 is 5.97 Å². The van der Waals surface area contributed by atoms with Crippen molar-refractivity contribution in [2.75, 3.05) is 50.9 Å². The van der Waals surface area contributed by atoms with Crippen molar-refractivity contribution in [1.82, 2.24) is 42.1 Å². The number of rotatable bonds is 12. The van der Waals surface area contributed by atoms with Crippen LogP contribution in [0.4, 0.5) is 0 Å². The normalized spacial score (nSPS) is 30.3. The number of primary amides is 1. The molecule has 0 radical (unpaired) electrons. The zero-order valence-corrected chi connectivity index (χ0v) is 37.8. The second kappa shape index (κ2) is 27.3. The first-order valence-corrected chi connectivity index (χ1v) is 23.2. The Kier molecular flexibility index (Phi) is 22.7. The van der Waals surface area contributed by atoms with Crippen LogP contribution in [0.3, 0.4) is 0 Å². The number of aliphatic hydroxyl groups is 4. The summed E-state index contributed by atoms with van der Waals surface area (Å²) in [5.74, 6) is -10.7. The van der Waals surface area contributed by atoms with Crippen molar-refractivity contribution in [1.29, 1.82) is 0 Å². The Labute approximate surface area is 389 Å². The monoisotopic (exact) mass is 994 g/mol. The summed E-state index contributed by atoms with van der Waals surface area (Å²) in [6.07, 6.45) is -9.77. The van der Waals surface area contributed by atoms with Gasteiger partial charge in [-0.1, -0.05) is 21.6 Å². The number of aliphatic carboxylic acids is 1. The minimum atomic E-state index is -1.96. The van der Waals surface area contributed by atoms with Gasteiger partial charge in [-0.05, 0) is 25.7 Å². The number of ether oxygens (including phenoxy) is 2. The largest absolute Gasteiger partial charge is 0.481 e. The number of fused-ring (bicyclic) bond motifs is 1. The summed E-state index contributed by atoms with van der Waals surface area (Å²) in [7, 11) is 1.97. The molecule has 67 heavy (non-hydrogen) atoms. The van der Waals surface area contributed by atoms with Crippen LogP contribution in [0.25, 0.3) is 0 Å². The third-order valence-electron chi connectivity index (χ3n) is 10.1. The Bertz CT molecular complexity index is 1850. The molecule has 0 saturated carbocycles. The molecule has 0 unspecified atom stereocenters.